The summed E-state index contributed by atoms with van der Waals surface area (Å²) in [6, 6.07) is 10.4. The predicted molar refractivity (Wildman–Crippen MR) is 119 cm³/mol. The first kappa shape index (κ1) is 21.6. The van der Waals surface area contributed by atoms with E-state index in [1.807, 2.05) is 6.07 Å². The third-order valence-electron chi connectivity index (χ3n) is 5.83. The minimum absolute atomic E-state index is 0.181. The lowest BCUT2D eigenvalue weighted by Gasteiger charge is -2.39. The van der Waals surface area contributed by atoms with Gasteiger partial charge in [-0.2, -0.15) is 0 Å². The lowest BCUT2D eigenvalue weighted by atomic mass is 10.00. The van der Waals surface area contributed by atoms with Gasteiger partial charge < -0.3 is 21.5 Å². The zero-order valence-electron chi connectivity index (χ0n) is 17.7. The van der Waals surface area contributed by atoms with Crippen LogP contribution in [-0.4, -0.2) is 88.7 Å². The van der Waals surface area contributed by atoms with Gasteiger partial charge in [-0.15, -0.1) is 0 Å². The number of aliphatic hydroxyl groups is 1. The molecule has 9 nitrogen and oxygen atoms in total. The number of β-amino-alcohol motifs (C(OH)–C–C–N with tert-alkyl or cyclic N) is 1. The normalized spacial score (nSPS) is 18.1. The summed E-state index contributed by atoms with van der Waals surface area (Å²) in [5.41, 5.74) is 8.54. The lowest BCUT2D eigenvalue weighted by molar-refractivity contribution is 0.0838. The summed E-state index contributed by atoms with van der Waals surface area (Å²) >= 11 is 0. The van der Waals surface area contributed by atoms with Crippen molar-refractivity contribution in [3.05, 3.63) is 53.5 Å². The Morgan fingerprint density at radius 1 is 1.23 bits per heavy atom. The van der Waals surface area contributed by atoms with Crippen LogP contribution in [0.3, 0.4) is 0 Å². The highest BCUT2D eigenvalue weighted by atomic mass is 16.3. The molecule has 0 saturated carbocycles. The molecule has 1 amide bonds. The lowest BCUT2D eigenvalue weighted by Crippen LogP contribution is -2.55. The van der Waals surface area contributed by atoms with Crippen LogP contribution in [0.5, 0.6) is 0 Å². The number of fused-ring (bicyclic) bond motifs is 1. The number of carbonyl (C=O) groups is 1. The fourth-order valence-electron chi connectivity index (χ4n) is 4.17. The molecule has 1 unspecified atom stereocenters. The number of likely N-dealkylation sites (tertiary alicyclic amines) is 1. The predicted octanol–water partition coefficient (Wildman–Crippen LogP) is -0.320. The van der Waals surface area contributed by atoms with Gasteiger partial charge >= 0.3 is 0 Å². The van der Waals surface area contributed by atoms with Crippen LogP contribution < -0.4 is 16.4 Å². The molecular formula is C22H31N7O2. The maximum absolute atomic E-state index is 12.5. The monoisotopic (exact) mass is 425 g/mol. The Bertz CT molecular complexity index is 888. The van der Waals surface area contributed by atoms with Crippen molar-refractivity contribution in [1.82, 2.24) is 25.1 Å². The SMILES string of the molecule is NCCN1CC(Nc2cc(C(=O)NCC(O)CN3CCc4ccccc4C3)ncn2)C1. The Morgan fingerprint density at radius 3 is 2.84 bits per heavy atom. The number of nitrogens with zero attached hydrogens (tertiary/aromatic N) is 4. The molecule has 1 saturated heterocycles. The van der Waals surface area contributed by atoms with Gasteiger partial charge in [-0.05, 0) is 17.5 Å². The number of rotatable bonds is 9. The van der Waals surface area contributed by atoms with Crippen molar-refractivity contribution < 1.29 is 9.90 Å². The molecule has 1 aromatic heterocycles. The summed E-state index contributed by atoms with van der Waals surface area (Å²) in [7, 11) is 0. The number of aliphatic hydroxyl groups excluding tert-OH is 1. The van der Waals surface area contributed by atoms with E-state index >= 15 is 0 Å². The first-order valence-corrected chi connectivity index (χ1v) is 10.9. The number of amides is 1. The van der Waals surface area contributed by atoms with Crippen molar-refractivity contribution >= 4 is 11.7 Å². The van der Waals surface area contributed by atoms with Gasteiger partial charge in [-0.3, -0.25) is 14.6 Å². The van der Waals surface area contributed by atoms with E-state index in [0.717, 1.165) is 39.1 Å². The van der Waals surface area contributed by atoms with Crippen LogP contribution in [0.15, 0.2) is 36.7 Å². The molecular weight excluding hydrogens is 394 g/mol. The molecule has 1 fully saturated rings. The first-order chi connectivity index (χ1) is 15.1. The second kappa shape index (κ2) is 10.1. The Hall–Kier alpha value is -2.59. The fourth-order valence-corrected chi connectivity index (χ4v) is 4.17. The number of benzene rings is 1. The molecule has 1 atom stereocenters. The van der Waals surface area contributed by atoms with E-state index < -0.39 is 6.10 Å². The van der Waals surface area contributed by atoms with Gasteiger partial charge in [0.15, 0.2) is 0 Å². The summed E-state index contributed by atoms with van der Waals surface area (Å²) in [5.74, 6) is 0.317. The third kappa shape index (κ3) is 5.76. The average molecular weight is 426 g/mol. The molecule has 0 bridgehead atoms. The number of anilines is 1. The minimum atomic E-state index is -0.642. The summed E-state index contributed by atoms with van der Waals surface area (Å²) < 4.78 is 0. The van der Waals surface area contributed by atoms with E-state index in [9.17, 15) is 9.90 Å². The highest BCUT2D eigenvalue weighted by Crippen LogP contribution is 2.18. The average Bonchev–Trinajstić information content (AvgIpc) is 2.76. The fraction of sp³-hybridized carbons (Fsp3) is 0.500. The van der Waals surface area contributed by atoms with Crippen LogP contribution in [-0.2, 0) is 13.0 Å². The van der Waals surface area contributed by atoms with E-state index in [2.05, 4.69) is 48.6 Å². The Labute approximate surface area is 182 Å². The summed E-state index contributed by atoms with van der Waals surface area (Å²) in [5, 5.41) is 16.5. The molecule has 3 heterocycles. The Morgan fingerprint density at radius 2 is 2.03 bits per heavy atom. The van der Waals surface area contributed by atoms with Crippen molar-refractivity contribution in [1.29, 1.82) is 0 Å². The van der Waals surface area contributed by atoms with Crippen molar-refractivity contribution in [3.63, 3.8) is 0 Å². The highest BCUT2D eigenvalue weighted by molar-refractivity contribution is 5.92. The van der Waals surface area contributed by atoms with Gasteiger partial charge in [-0.25, -0.2) is 9.97 Å². The van der Waals surface area contributed by atoms with E-state index in [4.69, 9.17) is 5.73 Å². The Balaban J connectivity index is 1.22. The Kier molecular flexibility index (Phi) is 7.08. The maximum atomic E-state index is 12.5. The van der Waals surface area contributed by atoms with E-state index in [-0.39, 0.29) is 18.1 Å². The third-order valence-corrected chi connectivity index (χ3v) is 5.83. The number of aromatic nitrogens is 2. The zero-order chi connectivity index (χ0) is 21.6. The second-order valence-corrected chi connectivity index (χ2v) is 8.30. The topological polar surface area (TPSA) is 120 Å². The van der Waals surface area contributed by atoms with Crippen molar-refractivity contribution in [2.75, 3.05) is 51.1 Å². The number of hydrogen-bond donors (Lipinski definition) is 4. The van der Waals surface area contributed by atoms with Crippen LogP contribution in [0.25, 0.3) is 0 Å². The highest BCUT2D eigenvalue weighted by Gasteiger charge is 2.26. The standard InChI is InChI=1S/C22H31N7O2/c23-6-8-29-12-18(13-29)27-21-9-20(25-15-26-21)22(31)24-10-19(30)14-28-7-5-16-3-1-2-4-17(16)11-28/h1-4,9,15,18-19,30H,5-8,10-14,23H2,(H,24,31)(H,25,26,27). The summed E-state index contributed by atoms with van der Waals surface area (Å²) in [4.78, 5) is 25.2. The molecule has 2 aromatic rings. The molecule has 2 aliphatic rings. The maximum Gasteiger partial charge on any atom is 0.270 e. The van der Waals surface area contributed by atoms with Gasteiger partial charge in [0.1, 0.15) is 17.8 Å². The number of nitrogens with two attached hydrogens (primary N) is 1. The van der Waals surface area contributed by atoms with E-state index in [1.165, 1.54) is 17.5 Å². The largest absolute Gasteiger partial charge is 0.390 e. The molecule has 166 valence electrons. The van der Waals surface area contributed by atoms with Gasteiger partial charge in [-0.1, -0.05) is 24.3 Å². The van der Waals surface area contributed by atoms with Gasteiger partial charge in [0.2, 0.25) is 0 Å². The van der Waals surface area contributed by atoms with E-state index in [0.29, 0.717) is 24.9 Å². The summed E-state index contributed by atoms with van der Waals surface area (Å²) in [6.07, 6.45) is 1.73. The van der Waals surface area contributed by atoms with Crippen LogP contribution >= 0.6 is 0 Å². The second-order valence-electron chi connectivity index (χ2n) is 8.30. The first-order valence-electron chi connectivity index (χ1n) is 10.9. The van der Waals surface area contributed by atoms with Gasteiger partial charge in [0.05, 0.1) is 12.1 Å². The van der Waals surface area contributed by atoms with Crippen LogP contribution in [0.4, 0.5) is 5.82 Å². The van der Waals surface area contributed by atoms with Crippen LogP contribution in [0.1, 0.15) is 21.6 Å². The number of carbonyl (C=O) groups excluding carboxylic acids is 1. The van der Waals surface area contributed by atoms with Crippen LogP contribution in [0, 0.1) is 0 Å². The molecule has 31 heavy (non-hydrogen) atoms. The number of hydrogen-bond acceptors (Lipinski definition) is 8. The quantitative estimate of drug-likeness (QED) is 0.432. The van der Waals surface area contributed by atoms with Crippen LogP contribution in [0.2, 0.25) is 0 Å². The van der Waals surface area contributed by atoms with Gasteiger partial charge in [0.25, 0.3) is 5.91 Å². The number of nitrogens with one attached hydrogen (secondary N) is 2. The van der Waals surface area contributed by atoms with Crippen molar-refractivity contribution in [3.8, 4) is 0 Å². The summed E-state index contributed by atoms with van der Waals surface area (Å²) in [6.45, 7) is 5.81. The molecule has 5 N–H and O–H groups in total. The van der Waals surface area contributed by atoms with Gasteiger partial charge in [0, 0.05) is 58.4 Å². The van der Waals surface area contributed by atoms with E-state index in [1.54, 1.807) is 6.07 Å². The molecule has 2 aliphatic heterocycles. The minimum Gasteiger partial charge on any atom is -0.390 e. The molecule has 1 aromatic carbocycles. The zero-order valence-corrected chi connectivity index (χ0v) is 17.7. The molecule has 0 aliphatic carbocycles. The van der Waals surface area contributed by atoms with Crippen molar-refractivity contribution in [2.45, 2.75) is 25.1 Å². The molecule has 0 radical (unpaired) electrons. The molecule has 9 heteroatoms. The molecule has 4 rings (SSSR count). The molecule has 0 spiro atoms. The smallest absolute Gasteiger partial charge is 0.270 e. The van der Waals surface area contributed by atoms with Crippen molar-refractivity contribution in [2.24, 2.45) is 5.73 Å².